The molecule has 0 saturated heterocycles. The van der Waals surface area contributed by atoms with Gasteiger partial charge in [0.05, 0.1) is 5.56 Å². The van der Waals surface area contributed by atoms with Crippen LogP contribution in [0.15, 0.2) is 51.4 Å². The third-order valence-corrected chi connectivity index (χ3v) is 4.12. The van der Waals surface area contributed by atoms with E-state index in [1.807, 2.05) is 32.0 Å². The van der Waals surface area contributed by atoms with Crippen molar-refractivity contribution in [2.24, 2.45) is 0 Å². The number of carboxylic acid groups (broad SMARTS) is 1. The first-order valence-corrected chi connectivity index (χ1v) is 7.70. The second-order valence-electron chi connectivity index (χ2n) is 5.86. The number of rotatable bonds is 3. The van der Waals surface area contributed by atoms with Crippen LogP contribution in [0.2, 0.25) is 0 Å². The molecule has 0 aliphatic rings. The Balaban J connectivity index is 1.73. The molecule has 2 aromatic heterocycles. The third-order valence-electron chi connectivity index (χ3n) is 4.12. The van der Waals surface area contributed by atoms with Crippen molar-refractivity contribution in [2.75, 3.05) is 0 Å². The number of benzene rings is 2. The predicted molar refractivity (Wildman–Crippen MR) is 91.4 cm³/mol. The van der Waals surface area contributed by atoms with E-state index in [9.17, 15) is 4.79 Å². The van der Waals surface area contributed by atoms with Crippen LogP contribution >= 0.6 is 0 Å². The van der Waals surface area contributed by atoms with Gasteiger partial charge in [0.2, 0.25) is 5.82 Å². The molecule has 4 rings (SSSR count). The minimum atomic E-state index is -0.981. The van der Waals surface area contributed by atoms with Crippen molar-refractivity contribution in [3.05, 3.63) is 59.2 Å². The maximum Gasteiger partial charge on any atom is 0.335 e. The molecule has 1 N–H and O–H groups in total. The van der Waals surface area contributed by atoms with Gasteiger partial charge in [0.25, 0.3) is 5.89 Å². The van der Waals surface area contributed by atoms with Crippen LogP contribution in [-0.4, -0.2) is 21.2 Å². The summed E-state index contributed by atoms with van der Waals surface area (Å²) in [5, 5.41) is 13.9. The number of nitrogens with zero attached hydrogens (tertiary/aromatic N) is 2. The lowest BCUT2D eigenvalue weighted by atomic mass is 10.1. The van der Waals surface area contributed by atoms with Crippen LogP contribution in [0.3, 0.4) is 0 Å². The number of aromatic carboxylic acids is 1. The first-order valence-electron chi connectivity index (χ1n) is 7.70. The number of hydrogen-bond donors (Lipinski definition) is 1. The smallest absolute Gasteiger partial charge is 0.335 e. The fraction of sp³-hybridized carbons (Fsp3) is 0.105. The molecule has 25 heavy (non-hydrogen) atoms. The fourth-order valence-electron chi connectivity index (χ4n) is 2.70. The van der Waals surface area contributed by atoms with Gasteiger partial charge in [-0.05, 0) is 55.3 Å². The van der Waals surface area contributed by atoms with E-state index < -0.39 is 5.97 Å². The van der Waals surface area contributed by atoms with Crippen LogP contribution in [0, 0.1) is 13.8 Å². The molecule has 0 spiro atoms. The lowest BCUT2D eigenvalue weighted by Gasteiger charge is -1.96. The Labute approximate surface area is 142 Å². The summed E-state index contributed by atoms with van der Waals surface area (Å²) in [4.78, 5) is 15.3. The van der Waals surface area contributed by atoms with Gasteiger partial charge in [-0.1, -0.05) is 17.3 Å². The second-order valence-corrected chi connectivity index (χ2v) is 5.86. The average Bonchev–Trinajstić information content (AvgIpc) is 3.26. The zero-order valence-corrected chi connectivity index (χ0v) is 13.6. The minimum absolute atomic E-state index is 0.201. The largest absolute Gasteiger partial charge is 0.478 e. The highest BCUT2D eigenvalue weighted by Gasteiger charge is 2.16. The van der Waals surface area contributed by atoms with Crippen LogP contribution in [0.4, 0.5) is 0 Å². The van der Waals surface area contributed by atoms with Crippen LogP contribution in [0.25, 0.3) is 34.0 Å². The monoisotopic (exact) mass is 334 g/mol. The molecule has 0 aliphatic heterocycles. The summed E-state index contributed by atoms with van der Waals surface area (Å²) in [6.45, 7) is 4.01. The topological polar surface area (TPSA) is 89.4 Å². The molecule has 6 heteroatoms. The molecule has 0 aliphatic carbocycles. The summed E-state index contributed by atoms with van der Waals surface area (Å²) in [6.07, 6.45) is 0. The van der Waals surface area contributed by atoms with Crippen molar-refractivity contribution < 1.29 is 18.8 Å². The molecular weight excluding hydrogens is 320 g/mol. The number of carbonyl (C=O) groups is 1. The van der Waals surface area contributed by atoms with E-state index in [-0.39, 0.29) is 5.56 Å². The van der Waals surface area contributed by atoms with Crippen LogP contribution in [0.5, 0.6) is 0 Å². The van der Waals surface area contributed by atoms with E-state index in [0.717, 1.165) is 22.1 Å². The van der Waals surface area contributed by atoms with E-state index in [4.69, 9.17) is 14.0 Å². The highest BCUT2D eigenvalue weighted by atomic mass is 16.5. The second kappa shape index (κ2) is 5.59. The van der Waals surface area contributed by atoms with Crippen molar-refractivity contribution in [1.29, 1.82) is 0 Å². The zero-order chi connectivity index (χ0) is 17.6. The summed E-state index contributed by atoms with van der Waals surface area (Å²) in [7, 11) is 0. The zero-order valence-electron chi connectivity index (χ0n) is 13.6. The quantitative estimate of drug-likeness (QED) is 0.595. The number of fused-ring (bicyclic) bond motifs is 1. The number of aryl methyl sites for hydroxylation is 2. The summed E-state index contributed by atoms with van der Waals surface area (Å²) in [5.41, 5.74) is 3.81. The van der Waals surface area contributed by atoms with E-state index >= 15 is 0 Å². The predicted octanol–water partition coefficient (Wildman–Crippen LogP) is 4.46. The normalized spacial score (nSPS) is 11.1. The Hall–Kier alpha value is -3.41. The van der Waals surface area contributed by atoms with E-state index in [1.54, 1.807) is 12.1 Å². The lowest BCUT2D eigenvalue weighted by molar-refractivity contribution is 0.0697. The fourth-order valence-corrected chi connectivity index (χ4v) is 2.70. The number of carboxylic acids is 1. The average molecular weight is 334 g/mol. The first-order chi connectivity index (χ1) is 12.0. The van der Waals surface area contributed by atoms with Gasteiger partial charge in [-0.3, -0.25) is 0 Å². The molecule has 0 saturated carbocycles. The van der Waals surface area contributed by atoms with Gasteiger partial charge in [-0.2, -0.15) is 4.98 Å². The summed E-state index contributed by atoms with van der Waals surface area (Å²) >= 11 is 0. The minimum Gasteiger partial charge on any atom is -0.478 e. The highest BCUT2D eigenvalue weighted by molar-refractivity contribution is 5.88. The third kappa shape index (κ3) is 2.57. The Morgan fingerprint density at radius 3 is 2.44 bits per heavy atom. The molecule has 0 atom stereocenters. The van der Waals surface area contributed by atoms with Gasteiger partial charge in [0.15, 0.2) is 5.76 Å². The maximum atomic E-state index is 10.9. The highest BCUT2D eigenvalue weighted by Crippen LogP contribution is 2.31. The molecule has 0 radical (unpaired) electrons. The van der Waals surface area contributed by atoms with Crippen molar-refractivity contribution in [2.45, 2.75) is 13.8 Å². The number of hydrogen-bond acceptors (Lipinski definition) is 5. The number of furan rings is 1. The van der Waals surface area contributed by atoms with Crippen LogP contribution in [0.1, 0.15) is 21.5 Å². The Kier molecular flexibility index (Phi) is 3.39. The van der Waals surface area contributed by atoms with Gasteiger partial charge in [-0.15, -0.1) is 0 Å². The van der Waals surface area contributed by atoms with Crippen molar-refractivity contribution in [1.82, 2.24) is 10.1 Å². The molecule has 0 unspecified atom stereocenters. The van der Waals surface area contributed by atoms with Crippen LogP contribution < -0.4 is 0 Å². The summed E-state index contributed by atoms with van der Waals surface area (Å²) in [6, 6.07) is 12.2. The first kappa shape index (κ1) is 15.1. The number of aromatic nitrogens is 2. The van der Waals surface area contributed by atoms with Gasteiger partial charge in [-0.25, -0.2) is 4.79 Å². The molecule has 2 aromatic carbocycles. The van der Waals surface area contributed by atoms with Crippen molar-refractivity contribution in [3.63, 3.8) is 0 Å². The Morgan fingerprint density at radius 2 is 1.76 bits per heavy atom. The van der Waals surface area contributed by atoms with E-state index in [2.05, 4.69) is 10.1 Å². The molecule has 2 heterocycles. The van der Waals surface area contributed by atoms with E-state index in [1.165, 1.54) is 12.1 Å². The molecule has 0 amide bonds. The van der Waals surface area contributed by atoms with Crippen LogP contribution in [-0.2, 0) is 0 Å². The molecular formula is C19H14N2O4. The maximum absolute atomic E-state index is 10.9. The Bertz CT molecular complexity index is 1050. The van der Waals surface area contributed by atoms with Crippen molar-refractivity contribution in [3.8, 4) is 23.0 Å². The SMILES string of the molecule is Cc1ccc(C)c2oc(-c3noc(-c4ccc(C(=O)O)cc4)n3)cc12. The van der Waals surface area contributed by atoms with Crippen molar-refractivity contribution >= 4 is 16.9 Å². The molecule has 6 nitrogen and oxygen atoms in total. The van der Waals surface area contributed by atoms with Gasteiger partial charge >= 0.3 is 5.97 Å². The Morgan fingerprint density at radius 1 is 1.04 bits per heavy atom. The molecule has 124 valence electrons. The molecule has 0 fully saturated rings. The lowest BCUT2D eigenvalue weighted by Crippen LogP contribution is -1.94. The molecule has 0 bridgehead atoms. The summed E-state index contributed by atoms with van der Waals surface area (Å²) in [5.74, 6) is 0.212. The molecule has 4 aromatic rings. The van der Waals surface area contributed by atoms with E-state index in [0.29, 0.717) is 23.0 Å². The summed E-state index contributed by atoms with van der Waals surface area (Å²) < 4.78 is 11.2. The van der Waals surface area contributed by atoms with Gasteiger partial charge in [0, 0.05) is 10.9 Å². The van der Waals surface area contributed by atoms with Gasteiger partial charge in [0.1, 0.15) is 5.58 Å². The van der Waals surface area contributed by atoms with Gasteiger partial charge < -0.3 is 14.0 Å². The standard InChI is InChI=1S/C19H14N2O4/c1-10-3-4-11(2)16-14(10)9-15(24-16)17-20-18(25-21-17)12-5-7-13(8-6-12)19(22)23/h3-9H,1-2H3,(H,22,23).